The second-order valence-corrected chi connectivity index (χ2v) is 4.26. The number of carbonyl (C=O) groups excluding carboxylic acids is 1. The third kappa shape index (κ3) is 3.58. The van der Waals surface area contributed by atoms with Crippen molar-refractivity contribution < 1.29 is 9.53 Å². The smallest absolute Gasteiger partial charge is 0.246 e. The number of rotatable bonds is 2. The first-order chi connectivity index (χ1) is 8.25. The number of hydrogen-bond acceptors (Lipinski definition) is 2. The first kappa shape index (κ1) is 12.1. The predicted octanol–water partition coefficient (Wildman–Crippen LogP) is 2.21. The zero-order valence-corrected chi connectivity index (χ0v) is 10.2. The zero-order chi connectivity index (χ0) is 12.1. The minimum Gasteiger partial charge on any atom is -0.378 e. The van der Waals surface area contributed by atoms with Crippen molar-refractivity contribution in [2.45, 2.75) is 0 Å². The molecule has 90 valence electrons. The quantitative estimate of drug-likeness (QED) is 0.755. The molecule has 0 spiro atoms. The van der Waals surface area contributed by atoms with E-state index in [-0.39, 0.29) is 5.91 Å². The molecule has 1 aliphatic rings. The maximum Gasteiger partial charge on any atom is 0.246 e. The van der Waals surface area contributed by atoms with Crippen LogP contribution in [0, 0.1) is 0 Å². The van der Waals surface area contributed by atoms with Crippen LogP contribution in [0.3, 0.4) is 0 Å². The number of morpholine rings is 1. The van der Waals surface area contributed by atoms with E-state index in [1.54, 1.807) is 29.2 Å². The molecule has 1 saturated heterocycles. The lowest BCUT2D eigenvalue weighted by Crippen LogP contribution is -2.39. The Balaban J connectivity index is 1.95. The van der Waals surface area contributed by atoms with Gasteiger partial charge >= 0.3 is 0 Å². The summed E-state index contributed by atoms with van der Waals surface area (Å²) in [6.45, 7) is 2.59. The van der Waals surface area contributed by atoms with Crippen molar-refractivity contribution in [3.05, 3.63) is 40.9 Å². The SMILES string of the molecule is O=C(/C=C/c1ccc(Cl)cc1)N1CCOCC1. The molecule has 1 heterocycles. The van der Waals surface area contributed by atoms with E-state index in [0.717, 1.165) is 5.56 Å². The Morgan fingerprint density at radius 2 is 1.88 bits per heavy atom. The van der Waals surface area contributed by atoms with Gasteiger partial charge in [-0.15, -0.1) is 0 Å². The van der Waals surface area contributed by atoms with Gasteiger partial charge in [-0.05, 0) is 23.8 Å². The van der Waals surface area contributed by atoms with E-state index in [9.17, 15) is 4.79 Å². The summed E-state index contributed by atoms with van der Waals surface area (Å²) in [5, 5.41) is 0.696. The van der Waals surface area contributed by atoms with Crippen LogP contribution in [0.5, 0.6) is 0 Å². The van der Waals surface area contributed by atoms with Gasteiger partial charge in [-0.2, -0.15) is 0 Å². The highest BCUT2D eigenvalue weighted by Gasteiger charge is 2.13. The van der Waals surface area contributed by atoms with Gasteiger partial charge in [-0.25, -0.2) is 0 Å². The molecule has 3 nitrogen and oxygen atoms in total. The molecule has 0 bridgehead atoms. The Kier molecular flexibility index (Phi) is 4.18. The molecule has 17 heavy (non-hydrogen) atoms. The van der Waals surface area contributed by atoms with E-state index < -0.39 is 0 Å². The van der Waals surface area contributed by atoms with Gasteiger partial charge in [0.15, 0.2) is 0 Å². The molecule has 0 aromatic heterocycles. The molecule has 4 heteroatoms. The molecule has 0 N–H and O–H groups in total. The Labute approximate surface area is 106 Å². The molecule has 1 fully saturated rings. The van der Waals surface area contributed by atoms with Crippen molar-refractivity contribution in [3.8, 4) is 0 Å². The highest BCUT2D eigenvalue weighted by atomic mass is 35.5. The Morgan fingerprint density at radius 1 is 1.24 bits per heavy atom. The standard InChI is InChI=1S/C13H14ClNO2/c14-12-4-1-11(2-5-12)3-6-13(16)15-7-9-17-10-8-15/h1-6H,7-10H2/b6-3+. The molecule has 0 atom stereocenters. The fourth-order valence-electron chi connectivity index (χ4n) is 1.63. The lowest BCUT2D eigenvalue weighted by molar-refractivity contribution is -0.129. The number of benzene rings is 1. The minimum atomic E-state index is 0.0308. The molecule has 0 unspecified atom stereocenters. The lowest BCUT2D eigenvalue weighted by atomic mass is 10.2. The number of halogens is 1. The van der Waals surface area contributed by atoms with Crippen LogP contribution in [-0.4, -0.2) is 37.1 Å². The maximum absolute atomic E-state index is 11.8. The molecule has 1 aromatic rings. The van der Waals surface area contributed by atoms with Crippen molar-refractivity contribution in [1.29, 1.82) is 0 Å². The Hall–Kier alpha value is -1.32. The molecule has 2 rings (SSSR count). The maximum atomic E-state index is 11.8. The van der Waals surface area contributed by atoms with Gasteiger partial charge < -0.3 is 9.64 Å². The van der Waals surface area contributed by atoms with Gasteiger partial charge in [0.05, 0.1) is 13.2 Å². The monoisotopic (exact) mass is 251 g/mol. The van der Waals surface area contributed by atoms with E-state index in [4.69, 9.17) is 16.3 Å². The molecule has 1 amide bonds. The van der Waals surface area contributed by atoms with Crippen LogP contribution in [0.25, 0.3) is 6.08 Å². The van der Waals surface area contributed by atoms with Gasteiger partial charge in [0.2, 0.25) is 5.91 Å². The first-order valence-electron chi connectivity index (χ1n) is 5.56. The van der Waals surface area contributed by atoms with Crippen LogP contribution >= 0.6 is 11.6 Å². The molecule has 1 aromatic carbocycles. The Bertz CT molecular complexity index is 408. The van der Waals surface area contributed by atoms with Crippen LogP contribution in [0.4, 0.5) is 0 Å². The Morgan fingerprint density at radius 3 is 2.53 bits per heavy atom. The van der Waals surface area contributed by atoms with Gasteiger partial charge in [0, 0.05) is 24.2 Å². The first-order valence-corrected chi connectivity index (χ1v) is 5.94. The second kappa shape index (κ2) is 5.84. The van der Waals surface area contributed by atoms with Crippen LogP contribution in [0.1, 0.15) is 5.56 Å². The van der Waals surface area contributed by atoms with Crippen LogP contribution < -0.4 is 0 Å². The summed E-state index contributed by atoms with van der Waals surface area (Å²) >= 11 is 5.78. The van der Waals surface area contributed by atoms with Crippen LogP contribution in [0.2, 0.25) is 5.02 Å². The van der Waals surface area contributed by atoms with Crippen LogP contribution in [0.15, 0.2) is 30.3 Å². The summed E-state index contributed by atoms with van der Waals surface area (Å²) in [7, 11) is 0. The average molecular weight is 252 g/mol. The fourth-order valence-corrected chi connectivity index (χ4v) is 1.76. The fraction of sp³-hybridized carbons (Fsp3) is 0.308. The predicted molar refractivity (Wildman–Crippen MR) is 67.9 cm³/mol. The summed E-state index contributed by atoms with van der Waals surface area (Å²) in [6.07, 6.45) is 3.39. The lowest BCUT2D eigenvalue weighted by Gasteiger charge is -2.25. The molecule has 1 aliphatic heterocycles. The molecular formula is C13H14ClNO2. The van der Waals surface area contributed by atoms with E-state index in [1.165, 1.54) is 0 Å². The largest absolute Gasteiger partial charge is 0.378 e. The van der Waals surface area contributed by atoms with Gasteiger partial charge in [0.1, 0.15) is 0 Å². The van der Waals surface area contributed by atoms with Crippen molar-refractivity contribution in [2.24, 2.45) is 0 Å². The van der Waals surface area contributed by atoms with Crippen molar-refractivity contribution in [3.63, 3.8) is 0 Å². The number of ether oxygens (including phenoxy) is 1. The summed E-state index contributed by atoms with van der Waals surface area (Å²) in [4.78, 5) is 13.6. The number of nitrogens with zero attached hydrogens (tertiary/aromatic N) is 1. The van der Waals surface area contributed by atoms with Gasteiger partial charge in [-0.1, -0.05) is 23.7 Å². The number of amides is 1. The number of carbonyl (C=O) groups is 1. The summed E-state index contributed by atoms with van der Waals surface area (Å²) in [5.74, 6) is 0.0308. The van der Waals surface area contributed by atoms with E-state index >= 15 is 0 Å². The van der Waals surface area contributed by atoms with Gasteiger partial charge in [-0.3, -0.25) is 4.79 Å². The zero-order valence-electron chi connectivity index (χ0n) is 9.43. The third-order valence-electron chi connectivity index (χ3n) is 2.61. The van der Waals surface area contributed by atoms with Crippen molar-refractivity contribution in [1.82, 2.24) is 4.90 Å². The van der Waals surface area contributed by atoms with E-state index in [1.807, 2.05) is 12.1 Å². The summed E-state index contributed by atoms with van der Waals surface area (Å²) < 4.78 is 5.19. The molecule has 0 radical (unpaired) electrons. The van der Waals surface area contributed by atoms with E-state index in [2.05, 4.69) is 0 Å². The van der Waals surface area contributed by atoms with Crippen LogP contribution in [-0.2, 0) is 9.53 Å². The second-order valence-electron chi connectivity index (χ2n) is 3.82. The third-order valence-corrected chi connectivity index (χ3v) is 2.86. The molecular weight excluding hydrogens is 238 g/mol. The van der Waals surface area contributed by atoms with Crippen molar-refractivity contribution >= 4 is 23.6 Å². The molecule has 0 saturated carbocycles. The molecule has 0 aliphatic carbocycles. The minimum absolute atomic E-state index is 0.0308. The highest BCUT2D eigenvalue weighted by Crippen LogP contribution is 2.11. The van der Waals surface area contributed by atoms with Crippen molar-refractivity contribution in [2.75, 3.05) is 26.3 Å². The normalized spacial score (nSPS) is 16.4. The number of hydrogen-bond donors (Lipinski definition) is 0. The highest BCUT2D eigenvalue weighted by molar-refractivity contribution is 6.30. The summed E-state index contributed by atoms with van der Waals surface area (Å²) in [6, 6.07) is 7.37. The average Bonchev–Trinajstić information content (AvgIpc) is 2.39. The van der Waals surface area contributed by atoms with E-state index in [0.29, 0.717) is 31.3 Å². The van der Waals surface area contributed by atoms with Gasteiger partial charge in [0.25, 0.3) is 0 Å². The topological polar surface area (TPSA) is 29.5 Å². The summed E-state index contributed by atoms with van der Waals surface area (Å²) in [5.41, 5.74) is 0.969.